The average Bonchev–Trinajstić information content (AvgIpc) is 3.45. The highest BCUT2D eigenvalue weighted by Gasteiger charge is 2.34. The number of hydrogen-bond acceptors (Lipinski definition) is 8. The number of nitrogens with zero attached hydrogens (tertiary/aromatic N) is 3. The van der Waals surface area contributed by atoms with Crippen LogP contribution in [0.5, 0.6) is 0 Å². The maximum atomic E-state index is 13.5. The minimum Gasteiger partial charge on any atom is -0.367 e. The number of benzene rings is 1. The first-order valence-electron chi connectivity index (χ1n) is 10.3. The maximum absolute atomic E-state index is 13.5. The molecule has 0 spiro atoms. The minimum absolute atomic E-state index is 0.0458. The molecule has 0 bridgehead atoms. The molecule has 0 saturated carbocycles. The van der Waals surface area contributed by atoms with E-state index < -0.39 is 11.7 Å². The fourth-order valence-electron chi connectivity index (χ4n) is 4.10. The third kappa shape index (κ3) is 4.09. The molecule has 4 N–H and O–H groups in total. The number of hydrazine groups is 1. The number of nitrogens with one attached hydrogen (secondary N) is 4. The van der Waals surface area contributed by atoms with Gasteiger partial charge in [-0.3, -0.25) is 10.9 Å². The van der Waals surface area contributed by atoms with E-state index in [1.807, 2.05) is 4.90 Å². The normalized spacial score (nSPS) is 20.9. The van der Waals surface area contributed by atoms with Crippen LogP contribution in [0, 0.1) is 0 Å². The van der Waals surface area contributed by atoms with Crippen LogP contribution in [-0.4, -0.2) is 41.2 Å². The van der Waals surface area contributed by atoms with Crippen molar-refractivity contribution in [2.75, 3.05) is 26.2 Å². The quantitative estimate of drug-likeness (QED) is 0.545. The van der Waals surface area contributed by atoms with Gasteiger partial charge in [-0.1, -0.05) is 16.8 Å². The number of allylic oxidation sites excluding steroid dienone is 1. The average molecular weight is 468 g/mol. The first-order valence-corrected chi connectivity index (χ1v) is 10.6. The molecule has 0 radical (unpaired) electrons. The molecule has 4 heterocycles. The zero-order chi connectivity index (χ0) is 22.3. The highest BCUT2D eigenvalue weighted by Crippen LogP contribution is 2.35. The topological polar surface area (TPSA) is 90.3 Å². The third-order valence-corrected chi connectivity index (χ3v) is 5.95. The van der Waals surface area contributed by atoms with Crippen molar-refractivity contribution in [2.45, 2.75) is 25.1 Å². The number of rotatable bonds is 4. The van der Waals surface area contributed by atoms with Gasteiger partial charge >= 0.3 is 6.18 Å². The molecule has 0 amide bonds. The van der Waals surface area contributed by atoms with Crippen LogP contribution in [0.15, 0.2) is 40.3 Å². The predicted octanol–water partition coefficient (Wildman–Crippen LogP) is 2.54. The lowest BCUT2D eigenvalue weighted by Gasteiger charge is -2.36. The van der Waals surface area contributed by atoms with Crippen molar-refractivity contribution in [3.8, 4) is 0 Å². The van der Waals surface area contributed by atoms with Gasteiger partial charge in [-0.25, -0.2) is 0 Å². The Kier molecular flexibility index (Phi) is 5.38. The number of alkyl halides is 3. The van der Waals surface area contributed by atoms with Crippen molar-refractivity contribution in [2.24, 2.45) is 0 Å². The lowest BCUT2D eigenvalue weighted by atomic mass is 10.1. The summed E-state index contributed by atoms with van der Waals surface area (Å²) in [6.45, 7) is 2.84. The van der Waals surface area contributed by atoms with E-state index >= 15 is 0 Å². The summed E-state index contributed by atoms with van der Waals surface area (Å²) in [7, 11) is 0. The summed E-state index contributed by atoms with van der Waals surface area (Å²) in [5.41, 5.74) is 6.72. The SMILES string of the molecule is FC(F)(F)c1ccc(Cl)cc1CN1CCNC2=C1C=C(c1nc(C3CCNC3)no1)NN2. The van der Waals surface area contributed by atoms with Gasteiger partial charge in [0.2, 0.25) is 0 Å². The fourth-order valence-corrected chi connectivity index (χ4v) is 4.29. The van der Waals surface area contributed by atoms with Crippen LogP contribution in [-0.2, 0) is 12.7 Å². The molecule has 32 heavy (non-hydrogen) atoms. The molecule has 170 valence electrons. The lowest BCUT2D eigenvalue weighted by Crippen LogP contribution is -2.48. The van der Waals surface area contributed by atoms with Crippen molar-refractivity contribution in [1.29, 1.82) is 0 Å². The van der Waals surface area contributed by atoms with E-state index in [0.717, 1.165) is 25.6 Å². The first-order chi connectivity index (χ1) is 15.4. The Balaban J connectivity index is 1.43. The van der Waals surface area contributed by atoms with Crippen molar-refractivity contribution >= 4 is 17.3 Å². The molecule has 3 aliphatic heterocycles. The molecule has 12 heteroatoms. The molecule has 2 aromatic rings. The molecule has 1 unspecified atom stereocenters. The highest BCUT2D eigenvalue weighted by molar-refractivity contribution is 6.30. The van der Waals surface area contributed by atoms with Crippen LogP contribution in [0.4, 0.5) is 13.2 Å². The van der Waals surface area contributed by atoms with Crippen LogP contribution in [0.3, 0.4) is 0 Å². The third-order valence-electron chi connectivity index (χ3n) is 5.72. The smallest absolute Gasteiger partial charge is 0.367 e. The zero-order valence-corrected chi connectivity index (χ0v) is 17.6. The summed E-state index contributed by atoms with van der Waals surface area (Å²) in [6, 6.07) is 3.65. The Hall–Kier alpha value is -2.92. The van der Waals surface area contributed by atoms with Crippen LogP contribution >= 0.6 is 11.6 Å². The molecule has 1 aromatic carbocycles. The maximum Gasteiger partial charge on any atom is 0.416 e. The molecule has 5 rings (SSSR count). The molecule has 0 aliphatic carbocycles. The van der Waals surface area contributed by atoms with E-state index in [-0.39, 0.29) is 23.0 Å². The fraction of sp³-hybridized carbons (Fsp3) is 0.400. The van der Waals surface area contributed by atoms with Crippen LogP contribution in [0.25, 0.3) is 5.70 Å². The van der Waals surface area contributed by atoms with Gasteiger partial charge in [0.1, 0.15) is 11.5 Å². The Morgan fingerprint density at radius 1 is 1.22 bits per heavy atom. The van der Waals surface area contributed by atoms with Crippen molar-refractivity contribution in [3.63, 3.8) is 0 Å². The summed E-state index contributed by atoms with van der Waals surface area (Å²) >= 11 is 6.00. The lowest BCUT2D eigenvalue weighted by molar-refractivity contribution is -0.138. The molecular weight excluding hydrogens is 447 g/mol. The molecule has 8 nitrogen and oxygen atoms in total. The largest absolute Gasteiger partial charge is 0.416 e. The first kappa shape index (κ1) is 21.0. The summed E-state index contributed by atoms with van der Waals surface area (Å²) in [5, 5.41) is 10.8. The van der Waals surface area contributed by atoms with Gasteiger partial charge in [0.05, 0.1) is 11.3 Å². The standard InChI is InChI=1S/C20H21ClF3N7O/c21-13-1-2-14(20(22,23)24)12(7-13)10-31-6-5-26-18-16(31)8-15(28-29-18)19-27-17(30-32-19)11-3-4-25-9-11/h1-2,7-8,11,25-26,28-29H,3-6,9-10H2. The minimum atomic E-state index is -4.46. The van der Waals surface area contributed by atoms with Gasteiger partial charge in [-0.15, -0.1) is 0 Å². The Labute approximate surface area is 186 Å². The van der Waals surface area contributed by atoms with E-state index in [4.69, 9.17) is 16.1 Å². The molecule has 3 aliphatic rings. The molecule has 1 fully saturated rings. The van der Waals surface area contributed by atoms with Crippen LogP contribution in [0.1, 0.15) is 35.2 Å². The van der Waals surface area contributed by atoms with E-state index in [2.05, 4.69) is 31.6 Å². The Morgan fingerprint density at radius 3 is 2.88 bits per heavy atom. The van der Waals surface area contributed by atoms with Crippen LogP contribution in [0.2, 0.25) is 5.02 Å². The molecular formula is C20H21ClF3N7O. The monoisotopic (exact) mass is 467 g/mol. The second kappa shape index (κ2) is 8.21. The Bertz CT molecular complexity index is 1080. The summed E-state index contributed by atoms with van der Waals surface area (Å²) in [6.07, 6.45) is -1.73. The highest BCUT2D eigenvalue weighted by atomic mass is 35.5. The second-order valence-electron chi connectivity index (χ2n) is 7.86. The summed E-state index contributed by atoms with van der Waals surface area (Å²) in [5.74, 6) is 1.82. The van der Waals surface area contributed by atoms with E-state index in [9.17, 15) is 13.2 Å². The van der Waals surface area contributed by atoms with E-state index in [1.165, 1.54) is 12.1 Å². The van der Waals surface area contributed by atoms with Gasteiger partial charge in [-0.05, 0) is 42.8 Å². The summed E-state index contributed by atoms with van der Waals surface area (Å²) < 4.78 is 46.0. The van der Waals surface area contributed by atoms with Gasteiger partial charge in [0.25, 0.3) is 5.89 Å². The predicted molar refractivity (Wildman–Crippen MR) is 111 cm³/mol. The van der Waals surface area contributed by atoms with Gasteiger partial charge < -0.3 is 20.1 Å². The molecule has 1 saturated heterocycles. The summed E-state index contributed by atoms with van der Waals surface area (Å²) in [4.78, 5) is 6.36. The van der Waals surface area contributed by atoms with Gasteiger partial charge in [0.15, 0.2) is 5.82 Å². The van der Waals surface area contributed by atoms with Gasteiger partial charge in [0, 0.05) is 37.1 Å². The van der Waals surface area contributed by atoms with Crippen molar-refractivity contribution in [1.82, 2.24) is 36.5 Å². The Morgan fingerprint density at radius 2 is 2.09 bits per heavy atom. The molecule has 1 atom stereocenters. The van der Waals surface area contributed by atoms with Crippen molar-refractivity contribution in [3.05, 3.63) is 63.7 Å². The number of aromatic nitrogens is 2. The number of hydrogen-bond donors (Lipinski definition) is 4. The molecule has 1 aromatic heterocycles. The van der Waals surface area contributed by atoms with Crippen molar-refractivity contribution < 1.29 is 17.7 Å². The number of halogens is 4. The van der Waals surface area contributed by atoms with E-state index in [0.29, 0.717) is 42.0 Å². The van der Waals surface area contributed by atoms with Crippen LogP contribution < -0.4 is 21.5 Å². The van der Waals surface area contributed by atoms with Gasteiger partial charge in [-0.2, -0.15) is 18.2 Å². The van der Waals surface area contributed by atoms with E-state index in [1.54, 1.807) is 6.08 Å². The zero-order valence-electron chi connectivity index (χ0n) is 16.9. The second-order valence-corrected chi connectivity index (χ2v) is 8.30.